The van der Waals surface area contributed by atoms with Crippen LogP contribution in [0.4, 0.5) is 0 Å². The zero-order chi connectivity index (χ0) is 21.6. The van der Waals surface area contributed by atoms with Crippen LogP contribution in [0.2, 0.25) is 0 Å². The number of nitrogens with zero attached hydrogens (tertiary/aromatic N) is 1. The number of hydrogen-bond donors (Lipinski definition) is 1. The molecule has 0 aliphatic carbocycles. The largest absolute Gasteiger partial charge is 0.497 e. The van der Waals surface area contributed by atoms with Gasteiger partial charge in [0.1, 0.15) is 12.4 Å². The highest BCUT2D eigenvalue weighted by molar-refractivity contribution is 5.76. The molecule has 0 aromatic heterocycles. The molecule has 4 nitrogen and oxygen atoms in total. The topological polar surface area (TPSA) is 56.8 Å². The lowest BCUT2D eigenvalue weighted by molar-refractivity contribution is 0.278. The second kappa shape index (κ2) is 9.31. The zero-order valence-electron chi connectivity index (χ0n) is 17.8. The highest BCUT2D eigenvalue weighted by Gasteiger charge is 2.40. The molecule has 0 amide bonds. The third-order valence-corrected chi connectivity index (χ3v) is 4.99. The highest BCUT2D eigenvalue weighted by atomic mass is 16.5. The number of allylic oxidation sites excluding steroid dienone is 1. The van der Waals surface area contributed by atoms with Gasteiger partial charge >= 0.3 is 0 Å². The van der Waals surface area contributed by atoms with Crippen molar-refractivity contribution in [2.24, 2.45) is 10.7 Å². The van der Waals surface area contributed by atoms with Crippen molar-refractivity contribution in [2.45, 2.75) is 19.4 Å². The van der Waals surface area contributed by atoms with Crippen LogP contribution in [0.15, 0.2) is 90.4 Å². The third kappa shape index (κ3) is 4.38. The third-order valence-electron chi connectivity index (χ3n) is 4.99. The molecule has 0 bridgehead atoms. The lowest BCUT2D eigenvalue weighted by Crippen LogP contribution is -2.27. The lowest BCUT2D eigenvalue weighted by atomic mass is 9.83. The first kappa shape index (κ1) is 21.2. The van der Waals surface area contributed by atoms with Gasteiger partial charge in [-0.05, 0) is 54.3 Å². The number of methoxy groups -OCH3 is 1. The molecule has 0 saturated carbocycles. The SMILES string of the molecule is C=CC.COc1ccc(C2(c3cccc(-c4cccc(C)c4)c3)COC(N)=N2)cc1. The van der Waals surface area contributed by atoms with E-state index in [1.165, 1.54) is 11.1 Å². The van der Waals surface area contributed by atoms with E-state index in [1.807, 2.05) is 31.2 Å². The van der Waals surface area contributed by atoms with Crippen LogP contribution in [0, 0.1) is 6.92 Å². The molecule has 0 saturated heterocycles. The molecule has 30 heavy (non-hydrogen) atoms. The van der Waals surface area contributed by atoms with E-state index in [-0.39, 0.29) is 6.02 Å². The predicted octanol–water partition coefficient (Wildman–Crippen LogP) is 5.45. The number of hydrogen-bond acceptors (Lipinski definition) is 4. The van der Waals surface area contributed by atoms with Crippen molar-refractivity contribution >= 4 is 6.02 Å². The second-order valence-electron chi connectivity index (χ2n) is 7.19. The number of ether oxygens (including phenoxy) is 2. The molecule has 154 valence electrons. The molecule has 2 N–H and O–H groups in total. The highest BCUT2D eigenvalue weighted by Crippen LogP contribution is 2.39. The van der Waals surface area contributed by atoms with Crippen LogP contribution in [0.5, 0.6) is 5.75 Å². The van der Waals surface area contributed by atoms with E-state index in [9.17, 15) is 0 Å². The van der Waals surface area contributed by atoms with Gasteiger partial charge in [-0.25, -0.2) is 4.99 Å². The summed E-state index contributed by atoms with van der Waals surface area (Å²) in [5.74, 6) is 0.804. The van der Waals surface area contributed by atoms with Crippen molar-refractivity contribution in [1.29, 1.82) is 0 Å². The van der Waals surface area contributed by atoms with Gasteiger partial charge < -0.3 is 15.2 Å². The monoisotopic (exact) mass is 400 g/mol. The fourth-order valence-electron chi connectivity index (χ4n) is 3.54. The van der Waals surface area contributed by atoms with Gasteiger partial charge in [-0.1, -0.05) is 66.2 Å². The smallest absolute Gasteiger partial charge is 0.283 e. The average molecular weight is 401 g/mol. The van der Waals surface area contributed by atoms with Gasteiger partial charge in [0.25, 0.3) is 6.02 Å². The summed E-state index contributed by atoms with van der Waals surface area (Å²) in [6, 6.07) is 25.0. The van der Waals surface area contributed by atoms with E-state index in [4.69, 9.17) is 20.2 Å². The van der Waals surface area contributed by atoms with Crippen molar-refractivity contribution in [3.8, 4) is 16.9 Å². The van der Waals surface area contributed by atoms with Gasteiger partial charge in [0.05, 0.1) is 7.11 Å². The van der Waals surface area contributed by atoms with Crippen LogP contribution >= 0.6 is 0 Å². The van der Waals surface area contributed by atoms with Gasteiger partial charge in [-0.3, -0.25) is 0 Å². The van der Waals surface area contributed by atoms with Crippen molar-refractivity contribution in [3.05, 3.63) is 102 Å². The number of rotatable bonds is 4. The maximum atomic E-state index is 5.91. The molecule has 1 atom stereocenters. The Balaban J connectivity index is 0.000000806. The predicted molar refractivity (Wildman–Crippen MR) is 124 cm³/mol. The molecular formula is C26H28N2O2. The Labute approximate surface area is 178 Å². The Kier molecular flexibility index (Phi) is 6.58. The van der Waals surface area contributed by atoms with Crippen LogP contribution in [-0.4, -0.2) is 19.7 Å². The first-order valence-electron chi connectivity index (χ1n) is 9.89. The second-order valence-corrected chi connectivity index (χ2v) is 7.19. The fourth-order valence-corrected chi connectivity index (χ4v) is 3.54. The van der Waals surface area contributed by atoms with Crippen molar-refractivity contribution < 1.29 is 9.47 Å². The maximum absolute atomic E-state index is 5.91. The van der Waals surface area contributed by atoms with Crippen molar-refractivity contribution in [1.82, 2.24) is 0 Å². The molecule has 3 aromatic rings. The Morgan fingerprint density at radius 3 is 2.20 bits per heavy atom. The molecule has 4 rings (SSSR count). The summed E-state index contributed by atoms with van der Waals surface area (Å²) in [5, 5.41) is 0. The Morgan fingerprint density at radius 1 is 1.00 bits per heavy atom. The molecule has 1 aliphatic heterocycles. The van der Waals surface area contributed by atoms with Gasteiger partial charge in [-0.2, -0.15) is 0 Å². The number of amidine groups is 1. The standard InChI is InChI=1S/C23H22N2O2.C3H6/c1-16-5-3-6-17(13-16)18-7-4-8-20(14-18)23(15-27-22(24)25-23)19-9-11-21(26-2)12-10-19;1-3-2/h3-14H,15H2,1-2H3,(H2,24,25);3H,1H2,2H3. The van der Waals surface area contributed by atoms with Gasteiger partial charge in [0, 0.05) is 0 Å². The van der Waals surface area contributed by atoms with Crippen LogP contribution < -0.4 is 10.5 Å². The molecule has 0 spiro atoms. The molecule has 3 aromatic carbocycles. The van der Waals surface area contributed by atoms with E-state index in [1.54, 1.807) is 13.2 Å². The van der Waals surface area contributed by atoms with Gasteiger partial charge in [-0.15, -0.1) is 6.58 Å². The summed E-state index contributed by atoms with van der Waals surface area (Å²) in [4.78, 5) is 4.70. The van der Waals surface area contributed by atoms with Crippen LogP contribution in [0.3, 0.4) is 0 Å². The van der Waals surface area contributed by atoms with E-state index >= 15 is 0 Å². The normalized spacial score (nSPS) is 17.2. The molecule has 1 heterocycles. The minimum absolute atomic E-state index is 0.215. The zero-order valence-corrected chi connectivity index (χ0v) is 17.8. The first-order valence-corrected chi connectivity index (χ1v) is 9.89. The number of aryl methyl sites for hydroxylation is 1. The van der Waals surface area contributed by atoms with Gasteiger partial charge in [0.2, 0.25) is 0 Å². The number of aliphatic imine (C=N–C) groups is 1. The summed E-state index contributed by atoms with van der Waals surface area (Å²) in [6.07, 6.45) is 1.75. The Hall–Kier alpha value is -3.53. The molecule has 4 heteroatoms. The number of benzene rings is 3. The van der Waals surface area contributed by atoms with Gasteiger partial charge in [0.15, 0.2) is 5.54 Å². The van der Waals surface area contributed by atoms with E-state index in [0.717, 1.165) is 22.4 Å². The van der Waals surface area contributed by atoms with Crippen molar-refractivity contribution in [2.75, 3.05) is 13.7 Å². The van der Waals surface area contributed by atoms with E-state index in [0.29, 0.717) is 6.61 Å². The fraction of sp³-hybridized carbons (Fsp3) is 0.192. The summed E-state index contributed by atoms with van der Waals surface area (Å²) in [6.45, 7) is 7.73. The average Bonchev–Trinajstić information content (AvgIpc) is 3.17. The van der Waals surface area contributed by atoms with Crippen LogP contribution in [0.1, 0.15) is 23.6 Å². The van der Waals surface area contributed by atoms with E-state index < -0.39 is 5.54 Å². The summed E-state index contributed by atoms with van der Waals surface area (Å²) >= 11 is 0. The van der Waals surface area contributed by atoms with E-state index in [2.05, 4.69) is 62.0 Å². The maximum Gasteiger partial charge on any atom is 0.283 e. The lowest BCUT2D eigenvalue weighted by Gasteiger charge is -2.26. The Morgan fingerprint density at radius 2 is 1.63 bits per heavy atom. The van der Waals surface area contributed by atoms with Crippen LogP contribution in [-0.2, 0) is 10.3 Å². The molecule has 0 fully saturated rings. The molecule has 0 radical (unpaired) electrons. The quantitative estimate of drug-likeness (QED) is 0.592. The minimum Gasteiger partial charge on any atom is -0.497 e. The number of nitrogens with two attached hydrogens (primary N) is 1. The Bertz CT molecular complexity index is 1040. The molecular weight excluding hydrogens is 372 g/mol. The van der Waals surface area contributed by atoms with Crippen LogP contribution in [0.25, 0.3) is 11.1 Å². The van der Waals surface area contributed by atoms with Crippen molar-refractivity contribution in [3.63, 3.8) is 0 Å². The minimum atomic E-state index is -0.657. The summed E-state index contributed by atoms with van der Waals surface area (Å²) in [7, 11) is 1.66. The first-order chi connectivity index (χ1) is 14.5. The molecule has 1 unspecified atom stereocenters. The molecule has 1 aliphatic rings. The summed E-state index contributed by atoms with van der Waals surface area (Å²) < 4.78 is 10.9. The summed E-state index contributed by atoms with van der Waals surface area (Å²) in [5.41, 5.74) is 10.9.